The summed E-state index contributed by atoms with van der Waals surface area (Å²) in [5.41, 5.74) is 0.267. The van der Waals surface area contributed by atoms with Gasteiger partial charge in [-0.25, -0.2) is 13.6 Å². The van der Waals surface area contributed by atoms with Crippen LogP contribution in [0.25, 0.3) is 0 Å². The molecule has 0 bridgehead atoms. The van der Waals surface area contributed by atoms with Gasteiger partial charge in [0.15, 0.2) is 0 Å². The topological polar surface area (TPSA) is 94.2 Å². The van der Waals surface area contributed by atoms with Crippen LogP contribution < -0.4 is 10.5 Å². The zero-order valence-corrected chi connectivity index (χ0v) is 14.1. The molecule has 120 valence electrons. The fourth-order valence-corrected chi connectivity index (χ4v) is 2.24. The third-order valence-corrected chi connectivity index (χ3v) is 4.92. The van der Waals surface area contributed by atoms with Crippen LogP contribution in [0.15, 0.2) is 17.2 Å². The molecule has 3 N–H and O–H groups in total. The Labute approximate surface area is 126 Å². The SMILES string of the molecule is CCn1cc(S(N)(=O)=O)cc1C(=O)NCC(C)(C)C(C)C. The Bertz CT molecular complexity index is 615. The third kappa shape index (κ3) is 4.31. The molecule has 0 fully saturated rings. The first-order valence-corrected chi connectivity index (χ1v) is 8.55. The molecule has 6 nitrogen and oxygen atoms in total. The van der Waals surface area contributed by atoms with Gasteiger partial charge in [-0.2, -0.15) is 0 Å². The van der Waals surface area contributed by atoms with Crippen molar-refractivity contribution in [2.24, 2.45) is 16.5 Å². The summed E-state index contributed by atoms with van der Waals surface area (Å²) < 4.78 is 24.3. The summed E-state index contributed by atoms with van der Waals surface area (Å²) in [6, 6.07) is 1.32. The van der Waals surface area contributed by atoms with Gasteiger partial charge in [0.25, 0.3) is 5.91 Å². The van der Waals surface area contributed by atoms with Gasteiger partial charge in [0.05, 0.1) is 0 Å². The molecule has 1 heterocycles. The van der Waals surface area contributed by atoms with E-state index in [9.17, 15) is 13.2 Å². The molecule has 0 atom stereocenters. The first-order valence-electron chi connectivity index (χ1n) is 7.00. The van der Waals surface area contributed by atoms with E-state index in [-0.39, 0.29) is 16.2 Å². The van der Waals surface area contributed by atoms with Crippen LogP contribution in [-0.2, 0) is 16.6 Å². The minimum Gasteiger partial charge on any atom is -0.350 e. The van der Waals surface area contributed by atoms with Crippen LogP contribution in [-0.4, -0.2) is 25.4 Å². The predicted molar refractivity (Wildman–Crippen MR) is 82.4 cm³/mol. The van der Waals surface area contributed by atoms with E-state index in [0.29, 0.717) is 24.7 Å². The standard InChI is InChI=1S/C14H25N3O3S/c1-6-17-8-11(21(15,19)20)7-12(17)13(18)16-9-14(4,5)10(2)3/h7-8,10H,6,9H2,1-5H3,(H,16,18)(H2,15,19,20). The zero-order chi connectivity index (χ0) is 16.4. The fraction of sp³-hybridized carbons (Fsp3) is 0.643. The number of amides is 1. The maximum atomic E-state index is 12.3. The van der Waals surface area contributed by atoms with Crippen molar-refractivity contribution in [2.45, 2.75) is 46.1 Å². The molecule has 0 unspecified atom stereocenters. The average molecular weight is 315 g/mol. The highest BCUT2D eigenvalue weighted by Gasteiger charge is 2.24. The number of nitrogens with one attached hydrogen (secondary N) is 1. The van der Waals surface area contributed by atoms with Crippen LogP contribution >= 0.6 is 0 Å². The predicted octanol–water partition coefficient (Wildman–Crippen LogP) is 1.57. The van der Waals surface area contributed by atoms with E-state index in [4.69, 9.17) is 5.14 Å². The van der Waals surface area contributed by atoms with E-state index in [2.05, 4.69) is 33.0 Å². The van der Waals surface area contributed by atoms with Gasteiger partial charge >= 0.3 is 0 Å². The Kier molecular flexibility index (Phi) is 5.22. The lowest BCUT2D eigenvalue weighted by molar-refractivity contribution is 0.0915. The Morgan fingerprint density at radius 2 is 2.00 bits per heavy atom. The van der Waals surface area contributed by atoms with E-state index < -0.39 is 10.0 Å². The lowest BCUT2D eigenvalue weighted by atomic mass is 9.81. The average Bonchev–Trinajstić information content (AvgIpc) is 2.79. The molecule has 0 spiro atoms. The summed E-state index contributed by atoms with van der Waals surface area (Å²) in [5, 5.41) is 7.97. The second-order valence-electron chi connectivity index (χ2n) is 6.22. The minimum absolute atomic E-state index is 0.0396. The third-order valence-electron chi connectivity index (χ3n) is 4.04. The molecule has 1 amide bonds. The molecule has 0 aromatic carbocycles. The fourth-order valence-electron chi connectivity index (χ4n) is 1.69. The smallest absolute Gasteiger partial charge is 0.267 e. The number of rotatable bonds is 6. The molecule has 1 aromatic rings. The normalized spacial score (nSPS) is 12.7. The van der Waals surface area contributed by atoms with Gasteiger partial charge in [0, 0.05) is 19.3 Å². The van der Waals surface area contributed by atoms with Crippen molar-refractivity contribution in [1.82, 2.24) is 9.88 Å². The van der Waals surface area contributed by atoms with Gasteiger partial charge in [-0.1, -0.05) is 27.7 Å². The number of nitrogens with zero attached hydrogens (tertiary/aromatic N) is 1. The molecule has 0 aliphatic heterocycles. The van der Waals surface area contributed by atoms with Crippen LogP contribution in [0.4, 0.5) is 0 Å². The van der Waals surface area contributed by atoms with Gasteiger partial charge in [-0.3, -0.25) is 4.79 Å². The number of primary sulfonamides is 1. The van der Waals surface area contributed by atoms with E-state index in [1.807, 2.05) is 6.92 Å². The van der Waals surface area contributed by atoms with E-state index in [1.165, 1.54) is 12.3 Å². The van der Waals surface area contributed by atoms with Crippen LogP contribution in [0, 0.1) is 11.3 Å². The monoisotopic (exact) mass is 315 g/mol. The highest BCUT2D eigenvalue weighted by Crippen LogP contribution is 2.25. The lowest BCUT2D eigenvalue weighted by Gasteiger charge is -2.29. The highest BCUT2D eigenvalue weighted by molar-refractivity contribution is 7.89. The number of sulfonamides is 1. The maximum Gasteiger partial charge on any atom is 0.267 e. The van der Waals surface area contributed by atoms with Gasteiger partial charge in [-0.15, -0.1) is 0 Å². The van der Waals surface area contributed by atoms with Crippen molar-refractivity contribution >= 4 is 15.9 Å². The summed E-state index contributed by atoms with van der Waals surface area (Å²) in [4.78, 5) is 12.2. The molecule has 21 heavy (non-hydrogen) atoms. The van der Waals surface area contributed by atoms with E-state index in [1.54, 1.807) is 4.57 Å². The minimum atomic E-state index is -3.81. The lowest BCUT2D eigenvalue weighted by Crippen LogP contribution is -2.37. The number of carbonyl (C=O) groups is 1. The summed E-state index contributed by atoms with van der Waals surface area (Å²) in [7, 11) is -3.81. The van der Waals surface area contributed by atoms with Gasteiger partial charge in [0.1, 0.15) is 10.6 Å². The second-order valence-corrected chi connectivity index (χ2v) is 7.78. The Hall–Kier alpha value is -1.34. The van der Waals surface area contributed by atoms with Gasteiger partial charge < -0.3 is 9.88 Å². The van der Waals surface area contributed by atoms with Gasteiger partial charge in [-0.05, 0) is 24.3 Å². The van der Waals surface area contributed by atoms with Crippen molar-refractivity contribution in [3.63, 3.8) is 0 Å². The number of nitrogens with two attached hydrogens (primary N) is 1. The quantitative estimate of drug-likeness (QED) is 0.834. The van der Waals surface area contributed by atoms with Crippen molar-refractivity contribution in [1.29, 1.82) is 0 Å². The molecule has 0 radical (unpaired) electrons. The number of hydrogen-bond donors (Lipinski definition) is 2. The summed E-state index contributed by atoms with van der Waals surface area (Å²) >= 11 is 0. The molecule has 1 aromatic heterocycles. The van der Waals surface area contributed by atoms with E-state index in [0.717, 1.165) is 0 Å². The zero-order valence-electron chi connectivity index (χ0n) is 13.3. The molecular formula is C14H25N3O3S. The maximum absolute atomic E-state index is 12.3. The summed E-state index contributed by atoms with van der Waals surface area (Å²) in [5.74, 6) is 0.121. The first kappa shape index (κ1) is 17.7. The van der Waals surface area contributed by atoms with Crippen LogP contribution in [0.1, 0.15) is 45.1 Å². The molecule has 0 saturated heterocycles. The molecule has 0 saturated carbocycles. The number of hydrogen-bond acceptors (Lipinski definition) is 3. The Morgan fingerprint density at radius 3 is 2.43 bits per heavy atom. The molecular weight excluding hydrogens is 290 g/mol. The molecule has 1 rings (SSSR count). The molecule has 7 heteroatoms. The van der Waals surface area contributed by atoms with E-state index >= 15 is 0 Å². The van der Waals surface area contributed by atoms with Crippen molar-refractivity contribution in [2.75, 3.05) is 6.54 Å². The summed E-state index contributed by atoms with van der Waals surface area (Å²) in [6.45, 7) is 11.2. The first-order chi connectivity index (χ1) is 9.49. The second kappa shape index (κ2) is 6.19. The van der Waals surface area contributed by atoms with Crippen LogP contribution in [0.2, 0.25) is 0 Å². The molecule has 0 aliphatic rings. The van der Waals surface area contributed by atoms with Crippen molar-refractivity contribution < 1.29 is 13.2 Å². The van der Waals surface area contributed by atoms with Crippen molar-refractivity contribution in [3.8, 4) is 0 Å². The number of aryl methyl sites for hydroxylation is 1. The number of aromatic nitrogens is 1. The highest BCUT2D eigenvalue weighted by atomic mass is 32.2. The van der Waals surface area contributed by atoms with Crippen LogP contribution in [0.5, 0.6) is 0 Å². The molecule has 0 aliphatic carbocycles. The number of carbonyl (C=O) groups excluding carboxylic acids is 1. The largest absolute Gasteiger partial charge is 0.350 e. The summed E-state index contributed by atoms with van der Waals surface area (Å²) in [6.07, 6.45) is 1.39. The Balaban J connectivity index is 2.96. The van der Waals surface area contributed by atoms with Crippen molar-refractivity contribution in [3.05, 3.63) is 18.0 Å². The van der Waals surface area contributed by atoms with Crippen LogP contribution in [0.3, 0.4) is 0 Å². The Morgan fingerprint density at radius 1 is 1.43 bits per heavy atom. The van der Waals surface area contributed by atoms with Gasteiger partial charge in [0.2, 0.25) is 10.0 Å².